The Morgan fingerprint density at radius 3 is 3.00 bits per heavy atom. The van der Waals surface area contributed by atoms with Gasteiger partial charge in [-0.2, -0.15) is 0 Å². The second kappa shape index (κ2) is 5.29. The molecule has 4 nitrogen and oxygen atoms in total. The smallest absolute Gasteiger partial charge is 0.150 e. The van der Waals surface area contributed by atoms with Gasteiger partial charge < -0.3 is 15.4 Å². The zero-order valence-electron chi connectivity index (χ0n) is 9.62. The highest BCUT2D eigenvalue weighted by Gasteiger charge is 2.19. The minimum absolute atomic E-state index is 0.160. The summed E-state index contributed by atoms with van der Waals surface area (Å²) in [5.41, 5.74) is 5.71. The number of nitrogen functional groups attached to an aromatic ring is 1. The molecular formula is C11H15Cl2N3O. The van der Waals surface area contributed by atoms with Gasteiger partial charge in [0.1, 0.15) is 11.6 Å². The molecule has 0 radical (unpaired) electrons. The summed E-state index contributed by atoms with van der Waals surface area (Å²) in [6, 6.07) is 1.64. The average Bonchev–Trinajstić information content (AvgIpc) is 2.48. The Bertz CT molecular complexity index is 414. The lowest BCUT2D eigenvalue weighted by Crippen LogP contribution is -2.31. The summed E-state index contributed by atoms with van der Waals surface area (Å²) in [6.07, 6.45) is 1.11. The zero-order valence-corrected chi connectivity index (χ0v) is 11.1. The first-order valence-electron chi connectivity index (χ1n) is 5.56. The van der Waals surface area contributed by atoms with Crippen molar-refractivity contribution in [3.05, 3.63) is 16.1 Å². The highest BCUT2D eigenvalue weighted by Crippen LogP contribution is 2.30. The molecule has 17 heavy (non-hydrogen) atoms. The number of rotatable bonds is 1. The Hall–Kier alpha value is -0.710. The second-order valence-electron chi connectivity index (χ2n) is 4.14. The molecule has 0 saturated carbocycles. The fourth-order valence-electron chi connectivity index (χ4n) is 1.88. The maximum atomic E-state index is 6.15. The Balaban J connectivity index is 2.28. The van der Waals surface area contributed by atoms with E-state index in [1.165, 1.54) is 0 Å². The SMILES string of the molecule is CC1CN(c2nc(N)c(Cl)cc2Cl)CCCO1. The van der Waals surface area contributed by atoms with Crippen molar-refractivity contribution in [2.24, 2.45) is 0 Å². The van der Waals surface area contributed by atoms with Gasteiger partial charge in [-0.05, 0) is 19.4 Å². The summed E-state index contributed by atoms with van der Waals surface area (Å²) in [6.45, 7) is 4.41. The van der Waals surface area contributed by atoms with E-state index in [0.29, 0.717) is 21.7 Å². The molecule has 6 heteroatoms. The molecule has 2 rings (SSSR count). The fraction of sp³-hybridized carbons (Fsp3) is 0.545. The van der Waals surface area contributed by atoms with Crippen molar-refractivity contribution in [2.45, 2.75) is 19.4 Å². The topological polar surface area (TPSA) is 51.4 Å². The van der Waals surface area contributed by atoms with Crippen LogP contribution >= 0.6 is 23.2 Å². The van der Waals surface area contributed by atoms with Crippen LogP contribution in [0.5, 0.6) is 0 Å². The van der Waals surface area contributed by atoms with E-state index >= 15 is 0 Å². The van der Waals surface area contributed by atoms with Gasteiger partial charge in [0.05, 0.1) is 16.1 Å². The fourth-order valence-corrected chi connectivity index (χ4v) is 2.36. The standard InChI is InChI=1S/C11H15Cl2N3O/c1-7-6-16(3-2-4-17-7)11-9(13)5-8(12)10(14)15-11/h5,7H,2-4,6H2,1H3,(H2,14,15). The molecule has 0 spiro atoms. The summed E-state index contributed by atoms with van der Waals surface area (Å²) in [4.78, 5) is 6.35. The number of nitrogens with two attached hydrogens (primary N) is 1. The van der Waals surface area contributed by atoms with Gasteiger partial charge in [0, 0.05) is 19.7 Å². The minimum atomic E-state index is 0.160. The largest absolute Gasteiger partial charge is 0.382 e. The van der Waals surface area contributed by atoms with Crippen molar-refractivity contribution < 1.29 is 4.74 Å². The van der Waals surface area contributed by atoms with Crippen LogP contribution in [0.3, 0.4) is 0 Å². The van der Waals surface area contributed by atoms with Gasteiger partial charge in [0.25, 0.3) is 0 Å². The highest BCUT2D eigenvalue weighted by atomic mass is 35.5. The number of ether oxygens (including phenoxy) is 1. The summed E-state index contributed by atoms with van der Waals surface area (Å²) < 4.78 is 5.58. The van der Waals surface area contributed by atoms with Crippen molar-refractivity contribution >= 4 is 34.8 Å². The van der Waals surface area contributed by atoms with Crippen LogP contribution in [-0.4, -0.2) is 30.8 Å². The third-order valence-electron chi connectivity index (χ3n) is 2.69. The summed E-state index contributed by atoms with van der Waals surface area (Å²) in [5.74, 6) is 0.995. The molecular weight excluding hydrogens is 261 g/mol. The van der Waals surface area contributed by atoms with E-state index in [9.17, 15) is 0 Å². The molecule has 1 unspecified atom stereocenters. The molecule has 2 N–H and O–H groups in total. The second-order valence-corrected chi connectivity index (χ2v) is 4.96. The van der Waals surface area contributed by atoms with Gasteiger partial charge >= 0.3 is 0 Å². The molecule has 1 aromatic heterocycles. The van der Waals surface area contributed by atoms with Crippen LogP contribution in [-0.2, 0) is 4.74 Å². The number of aromatic nitrogens is 1. The number of hydrogen-bond donors (Lipinski definition) is 1. The number of anilines is 2. The third kappa shape index (κ3) is 2.94. The van der Waals surface area contributed by atoms with Crippen molar-refractivity contribution in [1.82, 2.24) is 4.98 Å². The maximum Gasteiger partial charge on any atom is 0.150 e. The van der Waals surface area contributed by atoms with E-state index in [1.807, 2.05) is 6.92 Å². The van der Waals surface area contributed by atoms with Crippen LogP contribution in [0.1, 0.15) is 13.3 Å². The first-order chi connectivity index (χ1) is 8.08. The Labute approximate surface area is 111 Å². The summed E-state index contributed by atoms with van der Waals surface area (Å²) in [7, 11) is 0. The molecule has 2 heterocycles. The van der Waals surface area contributed by atoms with Gasteiger partial charge in [-0.15, -0.1) is 0 Å². The zero-order chi connectivity index (χ0) is 12.4. The molecule has 0 bridgehead atoms. The lowest BCUT2D eigenvalue weighted by Gasteiger charge is -2.24. The van der Waals surface area contributed by atoms with Crippen molar-refractivity contribution in [3.8, 4) is 0 Å². The molecule has 1 aliphatic heterocycles. The van der Waals surface area contributed by atoms with Crippen LogP contribution in [0.2, 0.25) is 10.0 Å². The van der Waals surface area contributed by atoms with Gasteiger partial charge in [-0.3, -0.25) is 0 Å². The van der Waals surface area contributed by atoms with Crippen LogP contribution in [0, 0.1) is 0 Å². The Morgan fingerprint density at radius 2 is 2.24 bits per heavy atom. The number of hydrogen-bond acceptors (Lipinski definition) is 4. The molecule has 1 fully saturated rings. The lowest BCUT2D eigenvalue weighted by molar-refractivity contribution is 0.0820. The number of nitrogens with zero attached hydrogens (tertiary/aromatic N) is 2. The Morgan fingerprint density at radius 1 is 1.47 bits per heavy atom. The normalized spacial score (nSPS) is 21.4. The quantitative estimate of drug-likeness (QED) is 0.856. The first kappa shape index (κ1) is 12.7. The Kier molecular flexibility index (Phi) is 3.97. The maximum absolute atomic E-state index is 6.15. The van der Waals surface area contributed by atoms with E-state index in [-0.39, 0.29) is 6.10 Å². The van der Waals surface area contributed by atoms with Crippen molar-refractivity contribution in [1.29, 1.82) is 0 Å². The summed E-state index contributed by atoms with van der Waals surface area (Å²) in [5, 5.41) is 0.913. The predicted octanol–water partition coefficient (Wildman–Crippen LogP) is 2.59. The minimum Gasteiger partial charge on any atom is -0.382 e. The van der Waals surface area contributed by atoms with Crippen LogP contribution in [0.15, 0.2) is 6.07 Å². The molecule has 0 amide bonds. The monoisotopic (exact) mass is 275 g/mol. The van der Waals surface area contributed by atoms with Crippen molar-refractivity contribution in [2.75, 3.05) is 30.3 Å². The van der Waals surface area contributed by atoms with E-state index in [4.69, 9.17) is 33.7 Å². The van der Waals surface area contributed by atoms with E-state index in [1.54, 1.807) is 6.07 Å². The van der Waals surface area contributed by atoms with Gasteiger partial charge in [-0.25, -0.2) is 4.98 Å². The first-order valence-corrected chi connectivity index (χ1v) is 6.31. The molecule has 94 valence electrons. The molecule has 1 atom stereocenters. The van der Waals surface area contributed by atoms with E-state index in [0.717, 1.165) is 26.1 Å². The van der Waals surface area contributed by atoms with E-state index < -0.39 is 0 Å². The number of pyridine rings is 1. The third-order valence-corrected chi connectivity index (χ3v) is 3.27. The molecule has 0 aliphatic carbocycles. The van der Waals surface area contributed by atoms with Crippen molar-refractivity contribution in [3.63, 3.8) is 0 Å². The van der Waals surface area contributed by atoms with E-state index in [2.05, 4.69) is 9.88 Å². The van der Waals surface area contributed by atoms with Crippen LogP contribution in [0.4, 0.5) is 11.6 Å². The molecule has 1 saturated heterocycles. The van der Waals surface area contributed by atoms with Crippen LogP contribution in [0.25, 0.3) is 0 Å². The number of halogens is 2. The predicted molar refractivity (Wildman–Crippen MR) is 70.9 cm³/mol. The summed E-state index contributed by atoms with van der Waals surface area (Å²) >= 11 is 12.0. The molecule has 1 aromatic rings. The van der Waals surface area contributed by atoms with Gasteiger partial charge in [0.2, 0.25) is 0 Å². The lowest BCUT2D eigenvalue weighted by atomic mass is 10.3. The average molecular weight is 276 g/mol. The molecule has 0 aromatic carbocycles. The highest BCUT2D eigenvalue weighted by molar-refractivity contribution is 6.37. The van der Waals surface area contributed by atoms with Gasteiger partial charge in [0.15, 0.2) is 0 Å². The van der Waals surface area contributed by atoms with Gasteiger partial charge in [-0.1, -0.05) is 23.2 Å². The molecule has 1 aliphatic rings. The van der Waals surface area contributed by atoms with Crippen LogP contribution < -0.4 is 10.6 Å².